The van der Waals surface area contributed by atoms with Crippen LogP contribution in [0.15, 0.2) is 12.4 Å². The highest BCUT2D eigenvalue weighted by molar-refractivity contribution is 5.21. The van der Waals surface area contributed by atoms with Gasteiger partial charge in [0.1, 0.15) is 6.07 Å². The number of hydrogen-bond donors (Lipinski definition) is 2. The molecule has 4 saturated carbocycles. The summed E-state index contributed by atoms with van der Waals surface area (Å²) in [5.41, 5.74) is -0.494. The van der Waals surface area contributed by atoms with Gasteiger partial charge in [0.15, 0.2) is 0 Å². The molecule has 4 aliphatic rings. The van der Waals surface area contributed by atoms with Gasteiger partial charge in [0, 0.05) is 6.20 Å². The second kappa shape index (κ2) is 8.38. The Bertz CT molecular complexity index is 903. The van der Waals surface area contributed by atoms with Gasteiger partial charge >= 0.3 is 0 Å². The predicted molar refractivity (Wildman–Crippen MR) is 128 cm³/mol. The maximum absolute atomic E-state index is 11.7. The molecule has 1 aromatic rings. The van der Waals surface area contributed by atoms with Gasteiger partial charge in [0.25, 0.3) is 0 Å². The van der Waals surface area contributed by atoms with Crippen molar-refractivity contribution in [3.8, 4) is 6.07 Å². The highest BCUT2D eigenvalue weighted by Crippen LogP contribution is 2.66. The first-order valence-electron chi connectivity index (χ1n) is 13.6. The van der Waals surface area contributed by atoms with Crippen molar-refractivity contribution in [1.29, 1.82) is 5.26 Å². The summed E-state index contributed by atoms with van der Waals surface area (Å²) >= 11 is 0. The van der Waals surface area contributed by atoms with E-state index in [9.17, 15) is 10.2 Å². The fraction of sp³-hybridized carbons (Fsp3) is 0.857. The number of hydrogen-bond acceptors (Lipinski definition) is 4. The van der Waals surface area contributed by atoms with E-state index in [0.29, 0.717) is 18.0 Å². The molecule has 5 nitrogen and oxygen atoms in total. The van der Waals surface area contributed by atoms with Gasteiger partial charge in [-0.1, -0.05) is 20.3 Å². The lowest BCUT2D eigenvalue weighted by atomic mass is 9.48. The largest absolute Gasteiger partial charge is 0.390 e. The third-order valence-corrected chi connectivity index (χ3v) is 10.8. The minimum atomic E-state index is -0.826. The Morgan fingerprint density at radius 2 is 1.94 bits per heavy atom. The molecule has 0 amide bonds. The zero-order chi connectivity index (χ0) is 23.4. The standard InChI is InChI=1S/C28H43N3O2/c1-4-11-28(33)13-10-21-20(14-28)5-6-23-22(21)9-12-26(2)24(23)7-8-25(26)27(3,32)18-31-17-19(15-29)16-30-31/h16-17,20-25,32-33H,4-14,18H2,1-3H3/t20-,21-,22+,23+,24-,25?,26-,27?,28+/m0/s1. The smallest absolute Gasteiger partial charge is 0.102 e. The van der Waals surface area contributed by atoms with Crippen LogP contribution in [0.4, 0.5) is 0 Å². The monoisotopic (exact) mass is 453 g/mol. The summed E-state index contributed by atoms with van der Waals surface area (Å²) < 4.78 is 1.76. The van der Waals surface area contributed by atoms with E-state index in [4.69, 9.17) is 5.26 Å². The van der Waals surface area contributed by atoms with Crippen LogP contribution in [0.1, 0.15) is 97.0 Å². The molecule has 182 valence electrons. The van der Waals surface area contributed by atoms with Gasteiger partial charge in [-0.3, -0.25) is 4.68 Å². The average molecular weight is 454 g/mol. The van der Waals surface area contributed by atoms with Gasteiger partial charge in [-0.15, -0.1) is 0 Å². The Morgan fingerprint density at radius 1 is 1.15 bits per heavy atom. The minimum Gasteiger partial charge on any atom is -0.390 e. The zero-order valence-corrected chi connectivity index (χ0v) is 20.8. The van der Waals surface area contributed by atoms with E-state index in [2.05, 4.69) is 25.0 Å². The number of nitrogens with zero attached hydrogens (tertiary/aromatic N) is 3. The molecule has 5 heteroatoms. The fourth-order valence-electron chi connectivity index (χ4n) is 9.62. The topological polar surface area (TPSA) is 82.1 Å². The summed E-state index contributed by atoms with van der Waals surface area (Å²) in [7, 11) is 0. The van der Waals surface area contributed by atoms with E-state index in [1.54, 1.807) is 17.1 Å². The molecule has 33 heavy (non-hydrogen) atoms. The summed E-state index contributed by atoms with van der Waals surface area (Å²) in [6, 6.07) is 2.14. The Labute approximate surface area is 199 Å². The van der Waals surface area contributed by atoms with E-state index >= 15 is 0 Å². The number of rotatable bonds is 5. The van der Waals surface area contributed by atoms with Crippen molar-refractivity contribution in [3.63, 3.8) is 0 Å². The molecule has 9 atom stereocenters. The van der Waals surface area contributed by atoms with Gasteiger partial charge in [-0.05, 0) is 112 Å². The van der Waals surface area contributed by atoms with Crippen molar-refractivity contribution in [3.05, 3.63) is 18.0 Å². The summed E-state index contributed by atoms with van der Waals surface area (Å²) in [5.74, 6) is 4.11. The molecule has 0 bridgehead atoms. The molecule has 0 saturated heterocycles. The molecule has 2 N–H and O–H groups in total. The molecule has 0 radical (unpaired) electrons. The van der Waals surface area contributed by atoms with Crippen LogP contribution in [-0.4, -0.2) is 31.2 Å². The lowest BCUT2D eigenvalue weighted by molar-refractivity contribution is -0.130. The fourth-order valence-corrected chi connectivity index (χ4v) is 9.62. The van der Waals surface area contributed by atoms with E-state index in [1.165, 1.54) is 38.5 Å². The highest BCUT2D eigenvalue weighted by atomic mass is 16.3. The molecular weight excluding hydrogens is 410 g/mol. The van der Waals surface area contributed by atoms with Crippen molar-refractivity contribution in [2.45, 2.75) is 109 Å². The van der Waals surface area contributed by atoms with Crippen LogP contribution in [0.25, 0.3) is 0 Å². The van der Waals surface area contributed by atoms with Crippen LogP contribution in [0.3, 0.4) is 0 Å². The Balaban J connectivity index is 1.31. The van der Waals surface area contributed by atoms with Crippen molar-refractivity contribution >= 4 is 0 Å². The quantitative estimate of drug-likeness (QED) is 0.633. The van der Waals surface area contributed by atoms with Crippen LogP contribution >= 0.6 is 0 Å². The van der Waals surface area contributed by atoms with Gasteiger partial charge in [0.2, 0.25) is 0 Å². The van der Waals surface area contributed by atoms with Gasteiger partial charge in [0.05, 0.1) is 29.5 Å². The van der Waals surface area contributed by atoms with Crippen molar-refractivity contribution in [2.24, 2.45) is 40.9 Å². The zero-order valence-electron chi connectivity index (χ0n) is 20.8. The second-order valence-electron chi connectivity index (χ2n) is 12.7. The number of nitriles is 1. The van der Waals surface area contributed by atoms with Crippen molar-refractivity contribution in [2.75, 3.05) is 0 Å². The first-order valence-corrected chi connectivity index (χ1v) is 13.6. The molecule has 5 rings (SSSR count). The maximum atomic E-state index is 11.7. The van der Waals surface area contributed by atoms with Crippen LogP contribution in [-0.2, 0) is 6.54 Å². The molecule has 4 aliphatic carbocycles. The lowest BCUT2D eigenvalue weighted by Crippen LogP contribution is -2.53. The number of fused-ring (bicyclic) bond motifs is 5. The Morgan fingerprint density at radius 3 is 2.67 bits per heavy atom. The lowest BCUT2D eigenvalue weighted by Gasteiger charge is -2.58. The van der Waals surface area contributed by atoms with Crippen molar-refractivity contribution < 1.29 is 10.2 Å². The normalized spacial score (nSPS) is 44.2. The second-order valence-corrected chi connectivity index (χ2v) is 12.7. The third-order valence-electron chi connectivity index (χ3n) is 10.8. The molecule has 4 fully saturated rings. The average Bonchev–Trinajstić information content (AvgIpc) is 3.36. The van der Waals surface area contributed by atoms with Crippen LogP contribution in [0, 0.1) is 52.3 Å². The predicted octanol–water partition coefficient (Wildman–Crippen LogP) is 5.31. The first-order chi connectivity index (χ1) is 15.7. The number of aromatic nitrogens is 2. The molecule has 1 aromatic heterocycles. The molecule has 2 unspecified atom stereocenters. The molecule has 0 aliphatic heterocycles. The van der Waals surface area contributed by atoms with E-state index in [-0.39, 0.29) is 11.3 Å². The van der Waals surface area contributed by atoms with E-state index in [0.717, 1.165) is 55.8 Å². The van der Waals surface area contributed by atoms with Gasteiger partial charge in [-0.25, -0.2) is 0 Å². The highest BCUT2D eigenvalue weighted by Gasteiger charge is 2.60. The van der Waals surface area contributed by atoms with E-state index in [1.807, 2.05) is 6.92 Å². The van der Waals surface area contributed by atoms with Crippen molar-refractivity contribution in [1.82, 2.24) is 9.78 Å². The minimum absolute atomic E-state index is 0.181. The van der Waals surface area contributed by atoms with Gasteiger partial charge < -0.3 is 10.2 Å². The Hall–Kier alpha value is -1.38. The van der Waals surface area contributed by atoms with E-state index < -0.39 is 11.2 Å². The molecule has 1 heterocycles. The summed E-state index contributed by atoms with van der Waals surface area (Å²) in [5, 5.41) is 36.2. The number of aliphatic hydroxyl groups is 2. The maximum Gasteiger partial charge on any atom is 0.102 e. The van der Waals surface area contributed by atoms with Gasteiger partial charge in [-0.2, -0.15) is 10.4 Å². The third kappa shape index (κ3) is 3.96. The molecule has 0 aromatic carbocycles. The van der Waals surface area contributed by atoms with Crippen LogP contribution in [0.2, 0.25) is 0 Å². The molecular formula is C28H43N3O2. The summed E-state index contributed by atoms with van der Waals surface area (Å²) in [6.45, 7) is 7.12. The Kier molecular flexibility index (Phi) is 5.93. The summed E-state index contributed by atoms with van der Waals surface area (Å²) in [4.78, 5) is 0. The van der Waals surface area contributed by atoms with Crippen LogP contribution in [0.5, 0.6) is 0 Å². The first kappa shape index (κ1) is 23.4. The van der Waals surface area contributed by atoms with Crippen LogP contribution < -0.4 is 0 Å². The summed E-state index contributed by atoms with van der Waals surface area (Å²) in [6.07, 6.45) is 16.1. The SMILES string of the molecule is CCC[C@@]1(O)CC[C@H]2[C@@H](CC[C@@H]3[C@@H]2CC[C@]2(C)C(C(C)(O)Cn4cc(C#N)cn4)CC[C@@H]32)C1. The molecule has 0 spiro atoms.